The molecule has 0 aliphatic heterocycles. The molecular weight excluding hydrogens is 275 g/mol. The number of hydrogen-bond donors (Lipinski definition) is 1. The van der Waals surface area contributed by atoms with Gasteiger partial charge in [0.05, 0.1) is 6.61 Å². The third kappa shape index (κ3) is 21.3. The Hall–Kier alpha value is 0.870. The van der Waals surface area contributed by atoms with Crippen molar-refractivity contribution in [1.82, 2.24) is 0 Å². The molecule has 0 saturated heterocycles. The molecule has 0 aromatic rings. The summed E-state index contributed by atoms with van der Waals surface area (Å²) in [6, 6.07) is 0. The third-order valence-electron chi connectivity index (χ3n) is 2.98. The molecule has 111 valence electrons. The largest absolute Gasteiger partial charge is 0.397 e. The maximum absolute atomic E-state index is 10.2. The van der Waals surface area contributed by atoms with Gasteiger partial charge in [0.25, 0.3) is 0 Å². The third-order valence-corrected chi connectivity index (χ3v) is 3.44. The van der Waals surface area contributed by atoms with Crippen LogP contribution >= 0.6 is 0 Å². The summed E-state index contributed by atoms with van der Waals surface area (Å²) in [5.74, 6) is 0. The van der Waals surface area contributed by atoms with Crippen LogP contribution in [0.25, 0.3) is 0 Å². The maximum atomic E-state index is 10.2. The maximum Gasteiger partial charge on any atom is 0.397 e. The van der Waals surface area contributed by atoms with Crippen molar-refractivity contribution >= 4 is 40.0 Å². The van der Waals surface area contributed by atoms with Gasteiger partial charge in [-0.2, -0.15) is 8.42 Å². The van der Waals surface area contributed by atoms with Crippen LogP contribution in [-0.4, -0.2) is 49.1 Å². The molecule has 0 rings (SSSR count). The summed E-state index contributed by atoms with van der Waals surface area (Å²) in [5, 5.41) is 0. The molecule has 19 heavy (non-hydrogen) atoms. The summed E-state index contributed by atoms with van der Waals surface area (Å²) in [6.07, 6.45) is 13.3. The van der Waals surface area contributed by atoms with E-state index in [1.54, 1.807) is 0 Å². The zero-order valence-electron chi connectivity index (χ0n) is 12.6. The van der Waals surface area contributed by atoms with Crippen LogP contribution in [-0.2, 0) is 14.6 Å². The number of rotatable bonds is 13. The quantitative estimate of drug-likeness (QED) is 0.320. The fourth-order valence-corrected chi connectivity index (χ4v) is 2.26. The Kier molecular flexibility index (Phi) is 17.8. The topological polar surface area (TPSA) is 63.6 Å². The van der Waals surface area contributed by atoms with Gasteiger partial charge in [-0.3, -0.25) is 4.55 Å². The molecule has 0 bridgehead atoms. The van der Waals surface area contributed by atoms with Crippen LogP contribution in [0.4, 0.5) is 0 Å². The Balaban J connectivity index is 0. The van der Waals surface area contributed by atoms with Crippen molar-refractivity contribution in [1.29, 1.82) is 0 Å². The predicted molar refractivity (Wildman–Crippen MR) is 79.7 cm³/mol. The molecule has 1 N–H and O–H groups in total. The van der Waals surface area contributed by atoms with Gasteiger partial charge in [0.15, 0.2) is 0 Å². The van der Waals surface area contributed by atoms with Gasteiger partial charge in [-0.25, -0.2) is 4.18 Å². The van der Waals surface area contributed by atoms with Crippen LogP contribution in [0, 0.1) is 0 Å². The van der Waals surface area contributed by atoms with E-state index in [4.69, 9.17) is 4.55 Å². The van der Waals surface area contributed by atoms with E-state index in [0.717, 1.165) is 12.8 Å². The Morgan fingerprint density at radius 3 is 1.53 bits per heavy atom. The smallest absolute Gasteiger partial charge is 0.264 e. The normalized spacial score (nSPS) is 11.3. The van der Waals surface area contributed by atoms with Crippen LogP contribution in [0.15, 0.2) is 0 Å². The molecule has 0 fully saturated rings. The minimum atomic E-state index is -4.24. The van der Waals surface area contributed by atoms with E-state index in [0.29, 0.717) is 6.42 Å². The van der Waals surface area contributed by atoms with Crippen LogP contribution in [0.5, 0.6) is 0 Å². The molecule has 0 aromatic heterocycles. The fraction of sp³-hybridized carbons (Fsp3) is 1.00. The average molecular weight is 303 g/mol. The summed E-state index contributed by atoms with van der Waals surface area (Å²) in [5.41, 5.74) is 0. The first-order valence-corrected chi connectivity index (χ1v) is 8.54. The van der Waals surface area contributed by atoms with Crippen molar-refractivity contribution in [2.24, 2.45) is 0 Å². The Bertz CT molecular complexity index is 268. The van der Waals surface area contributed by atoms with Gasteiger partial charge in [-0.05, 0) is 6.42 Å². The first-order chi connectivity index (χ1) is 8.56. The molecule has 1 radical (unpaired) electrons. The molecule has 0 heterocycles. The van der Waals surface area contributed by atoms with E-state index in [1.165, 1.54) is 51.4 Å². The Morgan fingerprint density at radius 2 is 1.16 bits per heavy atom. The van der Waals surface area contributed by atoms with E-state index in [-0.39, 0.29) is 36.2 Å². The van der Waals surface area contributed by atoms with Crippen molar-refractivity contribution in [3.05, 3.63) is 0 Å². The van der Waals surface area contributed by atoms with E-state index >= 15 is 0 Å². The first-order valence-electron chi connectivity index (χ1n) is 7.18. The molecule has 0 aliphatic carbocycles. The van der Waals surface area contributed by atoms with Gasteiger partial charge in [0.2, 0.25) is 0 Å². The minimum Gasteiger partial charge on any atom is -0.264 e. The standard InChI is InChI=1S/C13H28O4S.Na/c1-2-3-4-5-6-7-8-9-10-11-12-13-17-18(14,15)16;/h2-13H2,1H3,(H,14,15,16);. The van der Waals surface area contributed by atoms with Gasteiger partial charge in [-0.15, -0.1) is 0 Å². The molecule has 0 unspecified atom stereocenters. The monoisotopic (exact) mass is 303 g/mol. The summed E-state index contributed by atoms with van der Waals surface area (Å²) in [7, 11) is -4.24. The van der Waals surface area contributed by atoms with Crippen molar-refractivity contribution in [2.45, 2.75) is 77.6 Å². The van der Waals surface area contributed by atoms with E-state index in [1.807, 2.05) is 0 Å². The number of unbranched alkanes of at least 4 members (excludes halogenated alkanes) is 10. The molecule has 0 aromatic carbocycles. The van der Waals surface area contributed by atoms with Crippen LogP contribution in [0.3, 0.4) is 0 Å². The molecule has 6 heteroatoms. The molecule has 0 aliphatic rings. The van der Waals surface area contributed by atoms with Crippen molar-refractivity contribution in [3.63, 3.8) is 0 Å². The minimum absolute atomic E-state index is 0. The molecular formula is C13H28NaO4S. The zero-order valence-corrected chi connectivity index (χ0v) is 15.4. The van der Waals surface area contributed by atoms with Gasteiger partial charge < -0.3 is 0 Å². The molecule has 4 nitrogen and oxygen atoms in total. The second-order valence-electron chi connectivity index (χ2n) is 4.79. The van der Waals surface area contributed by atoms with Crippen LogP contribution in [0.2, 0.25) is 0 Å². The van der Waals surface area contributed by atoms with Crippen LogP contribution in [0.1, 0.15) is 77.6 Å². The second kappa shape index (κ2) is 15.3. The number of hydrogen-bond acceptors (Lipinski definition) is 3. The molecule has 0 atom stereocenters. The van der Waals surface area contributed by atoms with Gasteiger partial charge in [0.1, 0.15) is 0 Å². The Morgan fingerprint density at radius 1 is 0.789 bits per heavy atom. The molecule has 0 amide bonds. The van der Waals surface area contributed by atoms with Crippen molar-refractivity contribution in [3.8, 4) is 0 Å². The first kappa shape index (κ1) is 22.2. The fourth-order valence-electron chi connectivity index (χ4n) is 1.93. The Labute approximate surface area is 140 Å². The van der Waals surface area contributed by atoms with E-state index in [9.17, 15) is 8.42 Å². The zero-order chi connectivity index (χ0) is 13.7. The van der Waals surface area contributed by atoms with Gasteiger partial charge >= 0.3 is 10.4 Å². The predicted octanol–water partition coefficient (Wildman–Crippen LogP) is 3.74. The SMILES string of the molecule is CCCCCCCCCCCCCOS(=O)(=O)O.[Na]. The van der Waals surface area contributed by atoms with Gasteiger partial charge in [0, 0.05) is 29.6 Å². The molecule has 0 saturated carbocycles. The average Bonchev–Trinajstić information content (AvgIpc) is 2.29. The van der Waals surface area contributed by atoms with Crippen molar-refractivity contribution < 1.29 is 17.2 Å². The summed E-state index contributed by atoms with van der Waals surface area (Å²) >= 11 is 0. The van der Waals surface area contributed by atoms with E-state index in [2.05, 4.69) is 11.1 Å². The summed E-state index contributed by atoms with van der Waals surface area (Å²) < 4.78 is 33.1. The van der Waals surface area contributed by atoms with Crippen LogP contribution < -0.4 is 0 Å². The van der Waals surface area contributed by atoms with Crippen molar-refractivity contribution in [2.75, 3.05) is 6.61 Å². The summed E-state index contributed by atoms with van der Waals surface area (Å²) in [6.45, 7) is 2.32. The second-order valence-corrected chi connectivity index (χ2v) is 5.88. The summed E-state index contributed by atoms with van der Waals surface area (Å²) in [4.78, 5) is 0. The molecule has 0 spiro atoms. The van der Waals surface area contributed by atoms with Gasteiger partial charge in [-0.1, -0.05) is 71.1 Å². The van der Waals surface area contributed by atoms with E-state index < -0.39 is 10.4 Å².